The van der Waals surface area contributed by atoms with Gasteiger partial charge in [-0.25, -0.2) is 0 Å². The number of nitrogens with zero attached hydrogens (tertiary/aromatic N) is 1. The number of aryl methyl sites for hydroxylation is 1. The van der Waals surface area contributed by atoms with E-state index in [2.05, 4.69) is 0 Å². The molecule has 3 heteroatoms. The van der Waals surface area contributed by atoms with Gasteiger partial charge in [0.15, 0.2) is 0 Å². The van der Waals surface area contributed by atoms with E-state index in [1.807, 2.05) is 38.1 Å². The molecule has 0 saturated heterocycles. The maximum atomic E-state index is 11.7. The van der Waals surface area contributed by atoms with Gasteiger partial charge >= 0.3 is 0 Å². The summed E-state index contributed by atoms with van der Waals surface area (Å²) in [5, 5.41) is 8.82. The molecule has 1 aromatic carbocycles. The first-order valence-corrected chi connectivity index (χ1v) is 5.67. The molecule has 0 aromatic heterocycles. The Labute approximate surface area is 96.7 Å². The fraction of sp³-hybridized carbons (Fsp3) is 0.462. The van der Waals surface area contributed by atoms with Crippen molar-refractivity contribution in [1.82, 2.24) is 0 Å². The van der Waals surface area contributed by atoms with E-state index < -0.39 is 0 Å². The Hall–Kier alpha value is -1.35. The third kappa shape index (κ3) is 3.35. The van der Waals surface area contributed by atoms with E-state index in [4.69, 9.17) is 5.11 Å². The van der Waals surface area contributed by atoms with Crippen LogP contribution in [0.25, 0.3) is 0 Å². The van der Waals surface area contributed by atoms with Crippen LogP contribution >= 0.6 is 0 Å². The minimum atomic E-state index is 0.0947. The lowest BCUT2D eigenvalue weighted by atomic mass is 10.2. The molecule has 0 aliphatic rings. The van der Waals surface area contributed by atoms with Gasteiger partial charge in [0.05, 0.1) is 0 Å². The van der Waals surface area contributed by atoms with E-state index in [0.29, 0.717) is 19.4 Å². The predicted molar refractivity (Wildman–Crippen MR) is 65.5 cm³/mol. The molecular weight excluding hydrogens is 202 g/mol. The average Bonchev–Trinajstić information content (AvgIpc) is 2.31. The second-order valence-electron chi connectivity index (χ2n) is 3.81. The van der Waals surface area contributed by atoms with Crippen LogP contribution in [-0.4, -0.2) is 24.2 Å². The van der Waals surface area contributed by atoms with Gasteiger partial charge in [-0.15, -0.1) is 0 Å². The molecule has 1 N–H and O–H groups in total. The van der Waals surface area contributed by atoms with Gasteiger partial charge in [-0.1, -0.05) is 24.6 Å². The SMILES string of the molecule is CCC(=O)N(CCCO)c1ccc(C)cc1. The fourth-order valence-electron chi connectivity index (χ4n) is 1.54. The molecule has 0 aliphatic carbocycles. The number of hydrogen-bond donors (Lipinski definition) is 1. The van der Waals surface area contributed by atoms with Crippen LogP contribution < -0.4 is 4.90 Å². The van der Waals surface area contributed by atoms with Crippen LogP contribution in [0, 0.1) is 6.92 Å². The van der Waals surface area contributed by atoms with E-state index in [1.54, 1.807) is 4.90 Å². The van der Waals surface area contributed by atoms with E-state index in [9.17, 15) is 4.79 Å². The minimum absolute atomic E-state index is 0.0947. The number of anilines is 1. The number of hydrogen-bond acceptors (Lipinski definition) is 2. The molecule has 0 aliphatic heterocycles. The zero-order valence-electron chi connectivity index (χ0n) is 9.94. The Morgan fingerprint density at radius 2 is 1.94 bits per heavy atom. The molecule has 0 bridgehead atoms. The zero-order chi connectivity index (χ0) is 12.0. The van der Waals surface area contributed by atoms with Crippen LogP contribution in [0.1, 0.15) is 25.3 Å². The molecule has 3 nitrogen and oxygen atoms in total. The summed E-state index contributed by atoms with van der Waals surface area (Å²) in [5.74, 6) is 0.0947. The highest BCUT2D eigenvalue weighted by molar-refractivity contribution is 5.93. The summed E-state index contributed by atoms with van der Waals surface area (Å²) in [6, 6.07) is 7.87. The number of aliphatic hydroxyl groups excluding tert-OH is 1. The molecule has 0 radical (unpaired) electrons. The number of carbonyl (C=O) groups excluding carboxylic acids is 1. The van der Waals surface area contributed by atoms with Gasteiger partial charge in [0.1, 0.15) is 0 Å². The van der Waals surface area contributed by atoms with Crippen LogP contribution in [0.2, 0.25) is 0 Å². The third-order valence-electron chi connectivity index (χ3n) is 2.49. The lowest BCUT2D eigenvalue weighted by Crippen LogP contribution is -2.31. The first-order chi connectivity index (χ1) is 7.69. The second kappa shape index (κ2) is 6.28. The quantitative estimate of drug-likeness (QED) is 0.827. The highest BCUT2D eigenvalue weighted by Crippen LogP contribution is 2.16. The van der Waals surface area contributed by atoms with E-state index in [1.165, 1.54) is 5.56 Å². The average molecular weight is 221 g/mol. The number of benzene rings is 1. The van der Waals surface area contributed by atoms with Crippen molar-refractivity contribution in [3.05, 3.63) is 29.8 Å². The molecule has 1 aromatic rings. The first kappa shape index (κ1) is 12.7. The lowest BCUT2D eigenvalue weighted by molar-refractivity contribution is -0.118. The number of carbonyl (C=O) groups is 1. The van der Waals surface area contributed by atoms with Crippen molar-refractivity contribution in [3.8, 4) is 0 Å². The number of rotatable bonds is 5. The smallest absolute Gasteiger partial charge is 0.226 e. The topological polar surface area (TPSA) is 40.5 Å². The van der Waals surface area contributed by atoms with Crippen molar-refractivity contribution >= 4 is 11.6 Å². The van der Waals surface area contributed by atoms with Gasteiger partial charge in [0.25, 0.3) is 0 Å². The summed E-state index contributed by atoms with van der Waals surface area (Å²) in [6.45, 7) is 4.55. The summed E-state index contributed by atoms with van der Waals surface area (Å²) in [7, 11) is 0. The third-order valence-corrected chi connectivity index (χ3v) is 2.49. The summed E-state index contributed by atoms with van der Waals surface area (Å²) < 4.78 is 0. The van der Waals surface area contributed by atoms with E-state index in [0.717, 1.165) is 5.69 Å². The predicted octanol–water partition coefficient (Wildman–Crippen LogP) is 2.12. The van der Waals surface area contributed by atoms with E-state index in [-0.39, 0.29) is 12.5 Å². The van der Waals surface area contributed by atoms with Gasteiger partial charge in [-0.3, -0.25) is 4.79 Å². The van der Waals surface area contributed by atoms with E-state index >= 15 is 0 Å². The number of amides is 1. The molecule has 88 valence electrons. The van der Waals surface area contributed by atoms with Crippen molar-refractivity contribution in [2.45, 2.75) is 26.7 Å². The van der Waals surface area contributed by atoms with Crippen molar-refractivity contribution in [2.24, 2.45) is 0 Å². The van der Waals surface area contributed by atoms with Crippen molar-refractivity contribution in [3.63, 3.8) is 0 Å². The van der Waals surface area contributed by atoms with Crippen molar-refractivity contribution < 1.29 is 9.90 Å². The minimum Gasteiger partial charge on any atom is -0.396 e. The Morgan fingerprint density at radius 3 is 2.44 bits per heavy atom. The number of aliphatic hydroxyl groups is 1. The molecule has 0 spiro atoms. The van der Waals surface area contributed by atoms with Crippen LogP contribution in [0.4, 0.5) is 5.69 Å². The van der Waals surface area contributed by atoms with Crippen molar-refractivity contribution in [1.29, 1.82) is 0 Å². The Balaban J connectivity index is 2.82. The van der Waals surface area contributed by atoms with Gasteiger partial charge in [0.2, 0.25) is 5.91 Å². The molecule has 0 atom stereocenters. The second-order valence-corrected chi connectivity index (χ2v) is 3.81. The van der Waals surface area contributed by atoms with Crippen molar-refractivity contribution in [2.75, 3.05) is 18.1 Å². The largest absolute Gasteiger partial charge is 0.396 e. The molecular formula is C13H19NO2. The molecule has 0 fully saturated rings. The molecule has 16 heavy (non-hydrogen) atoms. The molecule has 0 heterocycles. The van der Waals surface area contributed by atoms with Gasteiger partial charge in [-0.2, -0.15) is 0 Å². The standard InChI is InChI=1S/C13H19NO2/c1-3-13(16)14(9-4-10-15)12-7-5-11(2)6-8-12/h5-8,15H,3-4,9-10H2,1-2H3. The van der Waals surface area contributed by atoms with Crippen LogP contribution in [0.5, 0.6) is 0 Å². The summed E-state index contributed by atoms with van der Waals surface area (Å²) >= 11 is 0. The molecule has 0 saturated carbocycles. The first-order valence-electron chi connectivity index (χ1n) is 5.67. The van der Waals surface area contributed by atoms with Gasteiger partial charge in [-0.05, 0) is 25.5 Å². The fourth-order valence-corrected chi connectivity index (χ4v) is 1.54. The highest BCUT2D eigenvalue weighted by Gasteiger charge is 2.12. The zero-order valence-corrected chi connectivity index (χ0v) is 9.94. The van der Waals surface area contributed by atoms with Crippen LogP contribution in [0.3, 0.4) is 0 Å². The molecule has 1 amide bonds. The lowest BCUT2D eigenvalue weighted by Gasteiger charge is -2.22. The van der Waals surface area contributed by atoms with Crippen LogP contribution in [-0.2, 0) is 4.79 Å². The maximum Gasteiger partial charge on any atom is 0.226 e. The molecule has 0 unspecified atom stereocenters. The normalized spacial score (nSPS) is 10.2. The monoisotopic (exact) mass is 221 g/mol. The maximum absolute atomic E-state index is 11.7. The van der Waals surface area contributed by atoms with Gasteiger partial charge < -0.3 is 10.0 Å². The molecule has 1 rings (SSSR count). The van der Waals surface area contributed by atoms with Crippen LogP contribution in [0.15, 0.2) is 24.3 Å². The highest BCUT2D eigenvalue weighted by atomic mass is 16.3. The summed E-state index contributed by atoms with van der Waals surface area (Å²) in [4.78, 5) is 13.5. The Morgan fingerprint density at radius 1 is 1.31 bits per heavy atom. The summed E-state index contributed by atoms with van der Waals surface area (Å²) in [6.07, 6.45) is 1.10. The van der Waals surface area contributed by atoms with Gasteiger partial charge in [0, 0.05) is 25.3 Å². The Bertz CT molecular complexity index is 332. The summed E-state index contributed by atoms with van der Waals surface area (Å²) in [5.41, 5.74) is 2.08. The Kier molecular flexibility index (Phi) is 4.99.